The fourth-order valence-corrected chi connectivity index (χ4v) is 3.09. The van der Waals surface area contributed by atoms with Gasteiger partial charge in [-0.1, -0.05) is 12.1 Å². The number of methoxy groups -OCH3 is 1. The highest BCUT2D eigenvalue weighted by atomic mass is 16.5. The molecule has 1 aromatic heterocycles. The first-order valence-electron chi connectivity index (χ1n) is 9.96. The van der Waals surface area contributed by atoms with Gasteiger partial charge in [-0.2, -0.15) is 4.98 Å². The van der Waals surface area contributed by atoms with Crippen molar-refractivity contribution in [3.8, 4) is 0 Å². The Hall–Kier alpha value is -3.76. The normalized spacial score (nSPS) is 11.8. The van der Waals surface area contributed by atoms with E-state index in [-0.39, 0.29) is 23.3 Å². The van der Waals surface area contributed by atoms with Crippen molar-refractivity contribution in [2.24, 2.45) is 11.5 Å². The number of nitrogens with zero attached hydrogens (tertiary/aromatic N) is 3. The van der Waals surface area contributed by atoms with Gasteiger partial charge in [-0.15, -0.1) is 0 Å². The van der Waals surface area contributed by atoms with Gasteiger partial charge in [-0.25, -0.2) is 4.98 Å². The van der Waals surface area contributed by atoms with Gasteiger partial charge in [0.1, 0.15) is 11.4 Å². The average molecular weight is 438 g/mol. The maximum atomic E-state index is 12.2. The molecule has 2 amide bonds. The lowest BCUT2D eigenvalue weighted by molar-refractivity contribution is 0.0827. The summed E-state index contributed by atoms with van der Waals surface area (Å²) in [6.07, 6.45) is 1.36. The van der Waals surface area contributed by atoms with E-state index in [2.05, 4.69) is 20.6 Å². The van der Waals surface area contributed by atoms with Gasteiger partial charge in [0, 0.05) is 51.2 Å². The number of ether oxygens (including phenoxy) is 1. The number of amides is 2. The van der Waals surface area contributed by atoms with Gasteiger partial charge in [-0.3, -0.25) is 9.59 Å². The molecule has 6 N–H and O–H groups in total. The predicted molar refractivity (Wildman–Crippen MR) is 124 cm³/mol. The predicted octanol–water partition coefficient (Wildman–Crippen LogP) is 1.56. The molecular weight excluding hydrogens is 410 g/mol. The van der Waals surface area contributed by atoms with Gasteiger partial charge in [0.2, 0.25) is 5.95 Å². The quantitative estimate of drug-likeness (QED) is 0.394. The van der Waals surface area contributed by atoms with Crippen LogP contribution in [0.5, 0.6) is 0 Å². The van der Waals surface area contributed by atoms with Gasteiger partial charge in [0.25, 0.3) is 11.8 Å². The second-order valence-electron chi connectivity index (χ2n) is 7.52. The summed E-state index contributed by atoms with van der Waals surface area (Å²) in [5, 5.41) is 7.99. The molecule has 0 saturated heterocycles. The summed E-state index contributed by atoms with van der Waals surface area (Å²) >= 11 is 0. The van der Waals surface area contributed by atoms with E-state index in [4.69, 9.17) is 16.2 Å². The number of nitrogens with two attached hydrogens (primary N) is 2. The van der Waals surface area contributed by atoms with Crippen molar-refractivity contribution in [1.29, 1.82) is 0 Å². The number of hydrogen-bond donors (Lipinski definition) is 4. The van der Waals surface area contributed by atoms with Crippen LogP contribution in [0.1, 0.15) is 20.7 Å². The van der Waals surface area contributed by atoms with Gasteiger partial charge < -0.3 is 31.7 Å². The summed E-state index contributed by atoms with van der Waals surface area (Å²) < 4.78 is 5.01. The fraction of sp³-hybridized carbons (Fsp3) is 0.273. The second-order valence-corrected chi connectivity index (χ2v) is 7.52. The lowest BCUT2D eigenvalue weighted by Gasteiger charge is -2.14. The standard InChI is InChI=1S/C22H27N7O3/c1-29(2)21(31)15-5-4-14-9-17(7-6-13(14)8-15)27-20-18(19(24)30)11-26-22(28-20)25-10-16(23)12-32-3/h4-9,11,16H,10,12,23H2,1-3H3,(H2,24,30)(H2,25,26,27,28). The highest BCUT2D eigenvalue weighted by molar-refractivity contribution is 6.00. The number of anilines is 3. The van der Waals surface area contributed by atoms with Crippen LogP contribution < -0.4 is 22.1 Å². The Morgan fingerprint density at radius 3 is 2.56 bits per heavy atom. The fourth-order valence-electron chi connectivity index (χ4n) is 3.09. The molecule has 1 heterocycles. The van der Waals surface area contributed by atoms with Crippen LogP contribution >= 0.6 is 0 Å². The molecule has 3 rings (SSSR count). The second kappa shape index (κ2) is 10.0. The molecule has 10 nitrogen and oxygen atoms in total. The number of rotatable bonds is 9. The molecule has 1 atom stereocenters. The number of fused-ring (bicyclic) bond motifs is 1. The van der Waals surface area contributed by atoms with Crippen molar-refractivity contribution in [1.82, 2.24) is 14.9 Å². The number of carbonyl (C=O) groups is 2. The van der Waals surface area contributed by atoms with Gasteiger partial charge >= 0.3 is 0 Å². The van der Waals surface area contributed by atoms with E-state index in [1.165, 1.54) is 11.1 Å². The summed E-state index contributed by atoms with van der Waals surface area (Å²) in [5.74, 6) is -0.139. The molecule has 0 bridgehead atoms. The zero-order valence-corrected chi connectivity index (χ0v) is 18.3. The molecule has 3 aromatic rings. The summed E-state index contributed by atoms with van der Waals surface area (Å²) in [6.45, 7) is 0.781. The first-order chi connectivity index (χ1) is 15.3. The molecule has 168 valence electrons. The topological polar surface area (TPSA) is 148 Å². The molecule has 0 aliphatic carbocycles. The SMILES string of the molecule is COCC(N)CNc1ncc(C(N)=O)c(Nc2ccc3cc(C(=O)N(C)C)ccc3c2)n1. The molecule has 32 heavy (non-hydrogen) atoms. The van der Waals surface area contributed by atoms with Crippen molar-refractivity contribution >= 4 is 40.0 Å². The Bertz CT molecular complexity index is 1130. The van der Waals surface area contributed by atoms with Crippen LogP contribution in [0.25, 0.3) is 10.8 Å². The molecule has 0 aliphatic heterocycles. The van der Waals surface area contributed by atoms with Crippen LogP contribution in [-0.4, -0.2) is 67.1 Å². The highest BCUT2D eigenvalue weighted by Gasteiger charge is 2.14. The van der Waals surface area contributed by atoms with Crippen LogP contribution in [0.4, 0.5) is 17.5 Å². The molecule has 0 saturated carbocycles. The highest BCUT2D eigenvalue weighted by Crippen LogP contribution is 2.25. The van der Waals surface area contributed by atoms with Crippen molar-refractivity contribution in [2.75, 3.05) is 45.0 Å². The maximum Gasteiger partial charge on any atom is 0.254 e. The Morgan fingerprint density at radius 2 is 1.88 bits per heavy atom. The Balaban J connectivity index is 1.85. The lowest BCUT2D eigenvalue weighted by Crippen LogP contribution is -2.33. The zero-order valence-electron chi connectivity index (χ0n) is 18.3. The molecule has 2 aromatic carbocycles. The van der Waals surface area contributed by atoms with Crippen molar-refractivity contribution in [3.05, 3.63) is 53.7 Å². The zero-order chi connectivity index (χ0) is 23.3. The van der Waals surface area contributed by atoms with E-state index in [1.54, 1.807) is 27.3 Å². The minimum Gasteiger partial charge on any atom is -0.383 e. The van der Waals surface area contributed by atoms with Crippen LogP contribution in [0.3, 0.4) is 0 Å². The van der Waals surface area contributed by atoms with Crippen LogP contribution in [-0.2, 0) is 4.74 Å². The number of primary amides is 1. The lowest BCUT2D eigenvalue weighted by atomic mass is 10.1. The van der Waals surface area contributed by atoms with E-state index in [0.29, 0.717) is 30.4 Å². The maximum absolute atomic E-state index is 12.2. The third-order valence-electron chi connectivity index (χ3n) is 4.71. The first kappa shape index (κ1) is 22.9. The first-order valence-corrected chi connectivity index (χ1v) is 9.96. The van der Waals surface area contributed by atoms with Crippen LogP contribution in [0.2, 0.25) is 0 Å². The molecule has 10 heteroatoms. The van der Waals surface area contributed by atoms with Gasteiger partial charge in [0.15, 0.2) is 0 Å². The largest absolute Gasteiger partial charge is 0.383 e. The summed E-state index contributed by atoms with van der Waals surface area (Å²) in [4.78, 5) is 34.1. The number of hydrogen-bond acceptors (Lipinski definition) is 8. The molecular formula is C22H27N7O3. The Morgan fingerprint density at radius 1 is 1.16 bits per heavy atom. The summed E-state index contributed by atoms with van der Waals surface area (Å²) in [5.41, 5.74) is 12.9. The summed E-state index contributed by atoms with van der Waals surface area (Å²) in [7, 11) is 5.00. The van der Waals surface area contributed by atoms with Crippen molar-refractivity contribution in [3.63, 3.8) is 0 Å². The van der Waals surface area contributed by atoms with Crippen LogP contribution in [0.15, 0.2) is 42.6 Å². The minimum absolute atomic E-state index is 0.0635. The van der Waals surface area contributed by atoms with Gasteiger partial charge in [-0.05, 0) is 35.0 Å². The van der Waals surface area contributed by atoms with E-state index >= 15 is 0 Å². The van der Waals surface area contributed by atoms with E-state index in [1.807, 2.05) is 30.3 Å². The number of nitrogens with one attached hydrogen (secondary N) is 2. The van der Waals surface area contributed by atoms with E-state index in [9.17, 15) is 9.59 Å². The van der Waals surface area contributed by atoms with Gasteiger partial charge in [0.05, 0.1) is 6.61 Å². The Kier molecular flexibility index (Phi) is 7.18. The number of carbonyl (C=O) groups excluding carboxylic acids is 2. The monoisotopic (exact) mass is 437 g/mol. The number of benzene rings is 2. The third-order valence-corrected chi connectivity index (χ3v) is 4.71. The van der Waals surface area contributed by atoms with E-state index < -0.39 is 5.91 Å². The van der Waals surface area contributed by atoms with Crippen molar-refractivity contribution in [2.45, 2.75) is 6.04 Å². The van der Waals surface area contributed by atoms with Crippen molar-refractivity contribution < 1.29 is 14.3 Å². The third kappa shape index (κ3) is 5.48. The molecule has 0 fully saturated rings. The smallest absolute Gasteiger partial charge is 0.254 e. The van der Waals surface area contributed by atoms with Crippen LogP contribution in [0, 0.1) is 0 Å². The van der Waals surface area contributed by atoms with E-state index in [0.717, 1.165) is 10.8 Å². The average Bonchev–Trinajstić information content (AvgIpc) is 2.77. The molecule has 0 radical (unpaired) electrons. The molecule has 0 aliphatic rings. The molecule has 1 unspecified atom stereocenters. The number of aromatic nitrogens is 2. The molecule has 0 spiro atoms. The summed E-state index contributed by atoms with van der Waals surface area (Å²) in [6, 6.07) is 10.9. The Labute approximate surface area is 186 Å². The minimum atomic E-state index is -0.650.